The molecule has 0 saturated heterocycles. The lowest BCUT2D eigenvalue weighted by molar-refractivity contribution is -0.870. The predicted octanol–water partition coefficient (Wildman–Crippen LogP) is 23.3. The highest BCUT2D eigenvalue weighted by Crippen LogP contribution is 2.38. The molecule has 0 aromatic heterocycles. The van der Waals surface area contributed by atoms with Gasteiger partial charge in [-0.3, -0.25) is 9.36 Å². The number of nitrogens with zero attached hydrogens (tertiary/aromatic N) is 1. The summed E-state index contributed by atoms with van der Waals surface area (Å²) in [5.41, 5.74) is 0. The van der Waals surface area contributed by atoms with Crippen LogP contribution in [0.4, 0.5) is 0 Å². The van der Waals surface area contributed by atoms with Gasteiger partial charge in [0.05, 0.1) is 39.9 Å². The third kappa shape index (κ3) is 71.7. The number of phosphoric acid groups is 1. The maximum atomic E-state index is 13.0. The standard InChI is InChI=1S/C80H139N2O6P/c1-6-8-10-12-14-16-18-20-22-24-26-28-30-32-34-36-37-38-39-40-41-42-43-44-45-46-48-50-52-54-56-58-60-62-64-66-68-70-72-74-80(84)81-78(77-88-89(85,86)87-76-75-82(3,4)5)79(83)73-71-69-67-65-63-61-59-57-55-53-51-49-47-35-33-31-29-27-25-23-21-19-17-15-13-11-9-7-2/h8,10,14,16,20,22,26,28,32,34,37-38,40-41,43-44,46,48,55,57,63,65,71,73,78-79,83H,6-7,9,11-13,15,17-19,21,23-25,27,29-31,33,35-36,39,42,45,47,49-54,56,58-62,64,66-70,72,74-77H2,1-5H3,(H-,81,84,85,86)/b10-8-,16-14-,22-20-,28-26-,34-32-,38-37-,41-40-,44-43-,48-46-,57-55+,65-63+,73-71+. The van der Waals surface area contributed by atoms with Crippen LogP contribution in [0.2, 0.25) is 0 Å². The number of unbranched alkanes of at least 4 members (excludes halogenated alkanes) is 31. The minimum atomic E-state index is -4.63. The van der Waals surface area contributed by atoms with Gasteiger partial charge in [-0.25, -0.2) is 0 Å². The predicted molar refractivity (Wildman–Crippen MR) is 389 cm³/mol. The lowest BCUT2D eigenvalue weighted by atomic mass is 10.0. The number of carbonyl (C=O) groups excluding carboxylic acids is 1. The number of phosphoric ester groups is 1. The molecular weight excluding hydrogens is 1120 g/mol. The Morgan fingerprint density at radius 2 is 0.697 bits per heavy atom. The van der Waals surface area contributed by atoms with Crippen LogP contribution in [0, 0.1) is 0 Å². The molecule has 9 heteroatoms. The molecule has 0 aromatic rings. The third-order valence-corrected chi connectivity index (χ3v) is 16.7. The molecule has 0 aromatic carbocycles. The largest absolute Gasteiger partial charge is 0.756 e. The lowest BCUT2D eigenvalue weighted by Gasteiger charge is -2.29. The van der Waals surface area contributed by atoms with E-state index in [0.717, 1.165) is 109 Å². The number of quaternary nitrogens is 1. The number of aliphatic hydroxyl groups is 1. The first kappa shape index (κ1) is 85.4. The molecule has 3 atom stereocenters. The van der Waals surface area contributed by atoms with E-state index >= 15 is 0 Å². The Morgan fingerprint density at radius 1 is 0.404 bits per heavy atom. The fourth-order valence-corrected chi connectivity index (χ4v) is 10.8. The maximum absolute atomic E-state index is 13.0. The fraction of sp³-hybridized carbons (Fsp3) is 0.688. The van der Waals surface area contributed by atoms with E-state index in [4.69, 9.17) is 9.05 Å². The Kier molecular flexibility index (Phi) is 65.9. The molecule has 510 valence electrons. The van der Waals surface area contributed by atoms with Crippen molar-refractivity contribution < 1.29 is 32.9 Å². The molecule has 89 heavy (non-hydrogen) atoms. The van der Waals surface area contributed by atoms with E-state index in [-0.39, 0.29) is 12.5 Å². The summed E-state index contributed by atoms with van der Waals surface area (Å²) < 4.78 is 23.4. The molecular formula is C80H139N2O6P. The van der Waals surface area contributed by atoms with E-state index in [1.54, 1.807) is 6.08 Å². The van der Waals surface area contributed by atoms with Crippen LogP contribution in [-0.4, -0.2) is 68.5 Å². The summed E-state index contributed by atoms with van der Waals surface area (Å²) in [5, 5.41) is 13.9. The average molecular weight is 1260 g/mol. The molecule has 3 unspecified atom stereocenters. The first-order valence-corrected chi connectivity index (χ1v) is 38.2. The van der Waals surface area contributed by atoms with Gasteiger partial charge in [-0.15, -0.1) is 0 Å². The van der Waals surface area contributed by atoms with Crippen LogP contribution in [0.25, 0.3) is 0 Å². The molecule has 0 radical (unpaired) electrons. The topological polar surface area (TPSA) is 108 Å². The highest BCUT2D eigenvalue weighted by Gasteiger charge is 2.23. The van der Waals surface area contributed by atoms with Gasteiger partial charge in [0, 0.05) is 6.42 Å². The van der Waals surface area contributed by atoms with Crippen LogP contribution in [0.15, 0.2) is 146 Å². The van der Waals surface area contributed by atoms with Crippen LogP contribution >= 0.6 is 7.82 Å². The molecule has 2 N–H and O–H groups in total. The van der Waals surface area contributed by atoms with E-state index in [1.165, 1.54) is 173 Å². The molecule has 0 aliphatic rings. The molecule has 0 rings (SSSR count). The van der Waals surface area contributed by atoms with E-state index < -0.39 is 26.6 Å². The van der Waals surface area contributed by atoms with Crippen LogP contribution in [0.5, 0.6) is 0 Å². The summed E-state index contributed by atoms with van der Waals surface area (Å²) >= 11 is 0. The van der Waals surface area contributed by atoms with Gasteiger partial charge >= 0.3 is 0 Å². The van der Waals surface area contributed by atoms with Gasteiger partial charge in [0.25, 0.3) is 7.82 Å². The normalized spacial score (nSPS) is 14.5. The number of allylic oxidation sites excluding steroid dienone is 23. The molecule has 0 heterocycles. The Balaban J connectivity index is 4.15. The zero-order valence-corrected chi connectivity index (χ0v) is 59.2. The van der Waals surface area contributed by atoms with Crippen molar-refractivity contribution in [1.82, 2.24) is 5.32 Å². The van der Waals surface area contributed by atoms with Gasteiger partial charge in [-0.1, -0.05) is 327 Å². The number of aliphatic hydroxyl groups excluding tert-OH is 1. The summed E-state index contributed by atoms with van der Waals surface area (Å²) in [6.07, 6.45) is 106. The van der Waals surface area contributed by atoms with Crippen LogP contribution in [0.1, 0.15) is 303 Å². The first-order chi connectivity index (χ1) is 43.5. The Bertz CT molecular complexity index is 1960. The van der Waals surface area contributed by atoms with E-state index in [2.05, 4.69) is 153 Å². The quantitative estimate of drug-likeness (QED) is 0.0272. The zero-order valence-electron chi connectivity index (χ0n) is 58.3. The molecule has 8 nitrogen and oxygen atoms in total. The summed E-state index contributed by atoms with van der Waals surface area (Å²) in [6, 6.07) is -0.923. The van der Waals surface area contributed by atoms with Crippen molar-refractivity contribution in [2.75, 3.05) is 40.9 Å². The summed E-state index contributed by atoms with van der Waals surface area (Å²) in [7, 11) is 1.22. The van der Waals surface area contributed by atoms with E-state index in [9.17, 15) is 19.4 Å². The average Bonchev–Trinajstić information content (AvgIpc) is 3.55. The van der Waals surface area contributed by atoms with Gasteiger partial charge in [-0.2, -0.15) is 0 Å². The van der Waals surface area contributed by atoms with Crippen molar-refractivity contribution in [2.45, 2.75) is 315 Å². The number of rotatable bonds is 66. The number of likely N-dealkylation sites (N-methyl/N-ethyl adjacent to an activating group) is 1. The number of amides is 1. The van der Waals surface area contributed by atoms with Crippen LogP contribution in [-0.2, 0) is 18.4 Å². The second kappa shape index (κ2) is 68.7. The minimum Gasteiger partial charge on any atom is -0.756 e. The second-order valence-corrected chi connectivity index (χ2v) is 27.0. The minimum absolute atomic E-state index is 0.0159. The van der Waals surface area contributed by atoms with Gasteiger partial charge in [-0.05, 0) is 116 Å². The SMILES string of the molecule is CC/C=C\C/C=C\C/C=C\C/C=C\C/C=C\C/C=C\C/C=C\C/C=C\C/C=C\CCCCCCCCCCCCCC(=O)NC(COP(=O)([O-])OCC[N+](C)(C)C)C(O)/C=C/CC/C=C/CC/C=C/CCCCCCCCCCCCCCCCCCCC. The van der Waals surface area contributed by atoms with Crippen molar-refractivity contribution in [3.8, 4) is 0 Å². The molecule has 0 aliphatic carbocycles. The number of nitrogens with one attached hydrogen (secondary N) is 1. The number of carbonyl (C=O) groups is 1. The van der Waals surface area contributed by atoms with Crippen LogP contribution in [0.3, 0.4) is 0 Å². The Hall–Kier alpha value is -3.62. The summed E-state index contributed by atoms with van der Waals surface area (Å²) in [6.45, 7) is 4.52. The van der Waals surface area contributed by atoms with E-state index in [1.807, 2.05) is 27.2 Å². The second-order valence-electron chi connectivity index (χ2n) is 25.5. The Labute approximate surface area is 550 Å². The third-order valence-electron chi connectivity index (χ3n) is 15.8. The van der Waals surface area contributed by atoms with Crippen molar-refractivity contribution in [2.24, 2.45) is 0 Å². The molecule has 1 amide bonds. The lowest BCUT2D eigenvalue weighted by Crippen LogP contribution is -2.45. The highest BCUT2D eigenvalue weighted by atomic mass is 31.2. The molecule has 0 bridgehead atoms. The van der Waals surface area contributed by atoms with Gasteiger partial charge in [0.15, 0.2) is 0 Å². The monoisotopic (exact) mass is 1260 g/mol. The highest BCUT2D eigenvalue weighted by molar-refractivity contribution is 7.45. The summed E-state index contributed by atoms with van der Waals surface area (Å²) in [5.74, 6) is -0.218. The number of hydrogen-bond acceptors (Lipinski definition) is 6. The van der Waals surface area contributed by atoms with Crippen molar-refractivity contribution in [3.63, 3.8) is 0 Å². The molecule has 0 saturated carbocycles. The molecule has 0 aliphatic heterocycles. The molecule has 0 fully saturated rings. The summed E-state index contributed by atoms with van der Waals surface area (Å²) in [4.78, 5) is 25.7. The van der Waals surface area contributed by atoms with Gasteiger partial charge < -0.3 is 28.8 Å². The van der Waals surface area contributed by atoms with E-state index in [0.29, 0.717) is 17.4 Å². The van der Waals surface area contributed by atoms with Crippen molar-refractivity contribution in [3.05, 3.63) is 146 Å². The van der Waals surface area contributed by atoms with Crippen LogP contribution < -0.4 is 10.2 Å². The van der Waals surface area contributed by atoms with Crippen molar-refractivity contribution in [1.29, 1.82) is 0 Å². The van der Waals surface area contributed by atoms with Crippen molar-refractivity contribution >= 4 is 13.7 Å². The van der Waals surface area contributed by atoms with Gasteiger partial charge in [0.2, 0.25) is 5.91 Å². The Morgan fingerprint density at radius 3 is 1.04 bits per heavy atom. The molecule has 0 spiro atoms. The maximum Gasteiger partial charge on any atom is 0.268 e. The number of hydrogen-bond donors (Lipinski definition) is 2. The smallest absolute Gasteiger partial charge is 0.268 e. The first-order valence-electron chi connectivity index (χ1n) is 36.7. The van der Waals surface area contributed by atoms with Gasteiger partial charge in [0.1, 0.15) is 13.2 Å². The zero-order chi connectivity index (χ0) is 64.8. The fourth-order valence-electron chi connectivity index (χ4n) is 10.1.